The van der Waals surface area contributed by atoms with Crippen LogP contribution in [0.15, 0.2) is 42.7 Å². The van der Waals surface area contributed by atoms with Gasteiger partial charge in [0.2, 0.25) is 0 Å². The molecule has 1 heterocycles. The van der Waals surface area contributed by atoms with E-state index in [0.717, 1.165) is 33.1 Å². The molecule has 0 spiro atoms. The van der Waals surface area contributed by atoms with Crippen molar-refractivity contribution in [1.29, 1.82) is 0 Å². The Morgan fingerprint density at radius 1 is 1.11 bits per heavy atom. The van der Waals surface area contributed by atoms with Crippen molar-refractivity contribution in [2.24, 2.45) is 0 Å². The van der Waals surface area contributed by atoms with E-state index in [2.05, 4.69) is 34.2 Å². The predicted molar refractivity (Wildman–Crippen MR) is 78.5 cm³/mol. The van der Waals surface area contributed by atoms with E-state index in [1.54, 1.807) is 6.33 Å². The Kier molecular flexibility index (Phi) is 2.39. The summed E-state index contributed by atoms with van der Waals surface area (Å²) >= 11 is 6.36. The van der Waals surface area contributed by atoms with Crippen LogP contribution in [0, 0.1) is 0 Å². The van der Waals surface area contributed by atoms with Crippen LogP contribution >= 0.6 is 11.6 Å². The first kappa shape index (κ1) is 11.1. The molecule has 2 aromatic carbocycles. The third-order valence-corrected chi connectivity index (χ3v) is 4.09. The molecule has 3 heteroatoms. The molecule has 94 valence electrons. The third kappa shape index (κ3) is 1.92. The van der Waals surface area contributed by atoms with E-state index in [-0.39, 0.29) is 0 Å². The molecule has 0 amide bonds. The molecular weight excluding hydrogens is 256 g/mol. The smallest absolute Gasteiger partial charge is 0.0931 e. The molecular formula is C16H13ClN2. The topological polar surface area (TPSA) is 28.7 Å². The summed E-state index contributed by atoms with van der Waals surface area (Å²) in [6.07, 6.45) is 4.36. The molecule has 1 saturated carbocycles. The maximum atomic E-state index is 6.36. The number of imidazole rings is 1. The van der Waals surface area contributed by atoms with Gasteiger partial charge in [-0.25, -0.2) is 4.98 Å². The molecule has 2 nitrogen and oxygen atoms in total. The van der Waals surface area contributed by atoms with Crippen LogP contribution in [0.4, 0.5) is 0 Å². The Morgan fingerprint density at radius 3 is 2.63 bits per heavy atom. The van der Waals surface area contributed by atoms with E-state index >= 15 is 0 Å². The first-order valence-corrected chi connectivity index (χ1v) is 6.92. The number of benzene rings is 2. The van der Waals surface area contributed by atoms with Gasteiger partial charge < -0.3 is 4.98 Å². The van der Waals surface area contributed by atoms with Crippen molar-refractivity contribution in [3.63, 3.8) is 0 Å². The van der Waals surface area contributed by atoms with Crippen LogP contribution in [0.25, 0.3) is 22.2 Å². The molecule has 1 aliphatic rings. The van der Waals surface area contributed by atoms with Gasteiger partial charge >= 0.3 is 0 Å². The minimum absolute atomic E-state index is 0.760. The third-order valence-electron chi connectivity index (χ3n) is 3.78. The Balaban J connectivity index is 1.81. The lowest BCUT2D eigenvalue weighted by Crippen LogP contribution is -1.83. The number of aromatic nitrogens is 2. The van der Waals surface area contributed by atoms with Gasteiger partial charge in [-0.15, -0.1) is 0 Å². The zero-order valence-corrected chi connectivity index (χ0v) is 11.1. The largest absolute Gasteiger partial charge is 0.345 e. The van der Waals surface area contributed by atoms with Gasteiger partial charge in [-0.1, -0.05) is 35.9 Å². The minimum atomic E-state index is 0.760. The molecule has 3 aromatic rings. The molecule has 1 aliphatic carbocycles. The number of rotatable bonds is 2. The molecule has 0 bridgehead atoms. The van der Waals surface area contributed by atoms with Crippen molar-refractivity contribution in [2.75, 3.05) is 0 Å². The van der Waals surface area contributed by atoms with Crippen molar-refractivity contribution in [3.8, 4) is 11.1 Å². The van der Waals surface area contributed by atoms with Gasteiger partial charge in [-0.2, -0.15) is 0 Å². The van der Waals surface area contributed by atoms with Crippen LogP contribution in [0.1, 0.15) is 24.3 Å². The van der Waals surface area contributed by atoms with E-state index < -0.39 is 0 Å². The molecule has 0 saturated heterocycles. The van der Waals surface area contributed by atoms with E-state index in [1.807, 2.05) is 12.1 Å². The fourth-order valence-electron chi connectivity index (χ4n) is 2.53. The zero-order valence-electron chi connectivity index (χ0n) is 10.4. The average molecular weight is 269 g/mol. The number of aromatic amines is 1. The number of halogens is 1. The maximum Gasteiger partial charge on any atom is 0.0931 e. The van der Waals surface area contributed by atoms with Crippen LogP contribution in [-0.4, -0.2) is 9.97 Å². The Bertz CT molecular complexity index is 739. The Morgan fingerprint density at radius 2 is 1.89 bits per heavy atom. The lowest BCUT2D eigenvalue weighted by molar-refractivity contribution is 1.13. The highest BCUT2D eigenvalue weighted by atomic mass is 35.5. The first-order valence-electron chi connectivity index (χ1n) is 6.54. The number of nitrogens with one attached hydrogen (secondary N) is 1. The van der Waals surface area contributed by atoms with Gasteiger partial charge in [-0.3, -0.25) is 0 Å². The predicted octanol–water partition coefficient (Wildman–Crippen LogP) is 4.76. The standard InChI is InChI=1S/C16H13ClN2/c17-14-8-16-15(18-9-19-16)7-13(14)12-5-3-11(4-6-12)10-1-2-10/h3-10H,1-2H2,(H,18,19). The van der Waals surface area contributed by atoms with Gasteiger partial charge in [0.25, 0.3) is 0 Å². The van der Waals surface area contributed by atoms with E-state index in [0.29, 0.717) is 0 Å². The van der Waals surface area contributed by atoms with E-state index in [1.165, 1.54) is 18.4 Å². The van der Waals surface area contributed by atoms with Crippen molar-refractivity contribution in [3.05, 3.63) is 53.3 Å². The average Bonchev–Trinajstić information content (AvgIpc) is 3.18. The highest BCUT2D eigenvalue weighted by Crippen LogP contribution is 2.41. The van der Waals surface area contributed by atoms with E-state index in [4.69, 9.17) is 11.6 Å². The normalized spacial score (nSPS) is 15.0. The SMILES string of the molecule is Clc1cc2[nH]cnc2cc1-c1ccc(C2CC2)cc1. The monoisotopic (exact) mass is 268 g/mol. The molecule has 1 N–H and O–H groups in total. The molecule has 0 atom stereocenters. The van der Waals surface area contributed by atoms with Crippen LogP contribution in [0.2, 0.25) is 5.02 Å². The Hall–Kier alpha value is -1.80. The molecule has 4 rings (SSSR count). The van der Waals surface area contributed by atoms with Crippen LogP contribution < -0.4 is 0 Å². The van der Waals surface area contributed by atoms with Crippen LogP contribution in [0.5, 0.6) is 0 Å². The molecule has 0 unspecified atom stereocenters. The lowest BCUT2D eigenvalue weighted by Gasteiger charge is -2.06. The second-order valence-electron chi connectivity index (χ2n) is 5.15. The summed E-state index contributed by atoms with van der Waals surface area (Å²) in [5.74, 6) is 0.790. The summed E-state index contributed by atoms with van der Waals surface area (Å²) in [6, 6.07) is 12.7. The summed E-state index contributed by atoms with van der Waals surface area (Å²) in [4.78, 5) is 7.36. The Labute approximate surface area is 116 Å². The molecule has 0 aliphatic heterocycles. The number of hydrogen-bond donors (Lipinski definition) is 1. The van der Waals surface area contributed by atoms with Gasteiger partial charge in [0.15, 0.2) is 0 Å². The van der Waals surface area contributed by atoms with Crippen molar-refractivity contribution in [2.45, 2.75) is 18.8 Å². The quantitative estimate of drug-likeness (QED) is 0.713. The second-order valence-corrected chi connectivity index (χ2v) is 5.56. The van der Waals surface area contributed by atoms with Crippen LogP contribution in [-0.2, 0) is 0 Å². The lowest BCUT2D eigenvalue weighted by atomic mass is 10.0. The van der Waals surface area contributed by atoms with Crippen molar-refractivity contribution in [1.82, 2.24) is 9.97 Å². The summed E-state index contributed by atoms with van der Waals surface area (Å²) in [5, 5.41) is 0.760. The molecule has 1 fully saturated rings. The highest BCUT2D eigenvalue weighted by Gasteiger charge is 2.23. The van der Waals surface area contributed by atoms with Gasteiger partial charge in [0.05, 0.1) is 22.4 Å². The fourth-order valence-corrected chi connectivity index (χ4v) is 2.80. The number of hydrogen-bond acceptors (Lipinski definition) is 1. The summed E-state index contributed by atoms with van der Waals surface area (Å²) in [5.41, 5.74) is 5.57. The molecule has 0 radical (unpaired) electrons. The van der Waals surface area contributed by atoms with Gasteiger partial charge in [-0.05, 0) is 42.0 Å². The summed E-state index contributed by atoms with van der Waals surface area (Å²) in [6.45, 7) is 0. The highest BCUT2D eigenvalue weighted by molar-refractivity contribution is 6.34. The minimum Gasteiger partial charge on any atom is -0.345 e. The number of nitrogens with zero attached hydrogens (tertiary/aromatic N) is 1. The van der Waals surface area contributed by atoms with E-state index in [9.17, 15) is 0 Å². The second kappa shape index (κ2) is 4.10. The summed E-state index contributed by atoms with van der Waals surface area (Å²) < 4.78 is 0. The van der Waals surface area contributed by atoms with Crippen molar-refractivity contribution >= 4 is 22.6 Å². The van der Waals surface area contributed by atoms with Gasteiger partial charge in [0, 0.05) is 5.56 Å². The first-order chi connectivity index (χ1) is 9.31. The molecule has 19 heavy (non-hydrogen) atoms. The maximum absolute atomic E-state index is 6.36. The van der Waals surface area contributed by atoms with Crippen molar-refractivity contribution < 1.29 is 0 Å². The fraction of sp³-hybridized carbons (Fsp3) is 0.188. The number of fused-ring (bicyclic) bond motifs is 1. The van der Waals surface area contributed by atoms with Gasteiger partial charge in [0.1, 0.15) is 0 Å². The zero-order chi connectivity index (χ0) is 12.8. The van der Waals surface area contributed by atoms with Crippen LogP contribution in [0.3, 0.4) is 0 Å². The summed E-state index contributed by atoms with van der Waals surface area (Å²) in [7, 11) is 0. The molecule has 1 aromatic heterocycles. The number of H-pyrrole nitrogens is 1.